The Kier molecular flexibility index (Phi) is 12.0. The number of benzene rings is 5. The molecule has 0 aliphatic heterocycles. The molecular weight excluding hydrogens is 726 g/mol. The van der Waals surface area contributed by atoms with Crippen molar-refractivity contribution in [2.75, 3.05) is 10.8 Å². The van der Waals surface area contributed by atoms with Crippen molar-refractivity contribution in [3.8, 4) is 11.5 Å². The Bertz CT molecular complexity index is 2020. The monoisotopic (exact) mass is 767 g/mol. The number of aryl methyl sites for hydroxylation is 1. The lowest BCUT2D eigenvalue weighted by atomic mass is 10.0. The molecule has 0 radical (unpaired) electrons. The van der Waals surface area contributed by atoms with Crippen LogP contribution in [0.4, 0.5) is 5.69 Å². The van der Waals surface area contributed by atoms with E-state index in [0.717, 1.165) is 25.5 Å². The molecule has 5 rings (SSSR count). The summed E-state index contributed by atoms with van der Waals surface area (Å²) in [7, 11) is -4.25. The number of nitrogens with one attached hydrogen (secondary N) is 1. The number of rotatable bonds is 13. The number of ether oxygens (including phenoxy) is 1. The van der Waals surface area contributed by atoms with Crippen molar-refractivity contribution in [2.24, 2.45) is 0 Å². The fourth-order valence-electron chi connectivity index (χ4n) is 5.46. The molecule has 10 heteroatoms. The van der Waals surface area contributed by atoms with E-state index in [1.807, 2.05) is 113 Å². The van der Waals surface area contributed by atoms with Gasteiger partial charge in [-0.3, -0.25) is 13.9 Å². The maximum Gasteiger partial charge on any atom is 0.264 e. The number of halogens is 1. The number of hydrogen-bond acceptors (Lipinski definition) is 5. The highest BCUT2D eigenvalue weighted by Crippen LogP contribution is 2.29. The van der Waals surface area contributed by atoms with E-state index in [0.29, 0.717) is 11.5 Å². The summed E-state index contributed by atoms with van der Waals surface area (Å²) >= 11 is 3.47. The highest BCUT2D eigenvalue weighted by atomic mass is 79.9. The summed E-state index contributed by atoms with van der Waals surface area (Å²) in [6.45, 7) is 7.03. The van der Waals surface area contributed by atoms with Crippen molar-refractivity contribution in [1.29, 1.82) is 0 Å². The third-order valence-electron chi connectivity index (χ3n) is 8.03. The van der Waals surface area contributed by atoms with E-state index in [1.165, 1.54) is 17.0 Å². The molecule has 0 saturated heterocycles. The fraction of sp³-hybridized carbons (Fsp3) is 0.220. The van der Waals surface area contributed by atoms with Gasteiger partial charge in [0.05, 0.1) is 10.6 Å². The number of hydrogen-bond donors (Lipinski definition) is 1. The highest BCUT2D eigenvalue weighted by Gasteiger charge is 2.35. The molecule has 51 heavy (non-hydrogen) atoms. The van der Waals surface area contributed by atoms with Crippen LogP contribution >= 0.6 is 15.9 Å². The van der Waals surface area contributed by atoms with E-state index in [-0.39, 0.29) is 29.5 Å². The van der Waals surface area contributed by atoms with E-state index >= 15 is 0 Å². The molecule has 0 aliphatic carbocycles. The van der Waals surface area contributed by atoms with Gasteiger partial charge in [0.25, 0.3) is 10.0 Å². The molecule has 0 bridgehead atoms. The van der Waals surface area contributed by atoms with Crippen molar-refractivity contribution in [3.63, 3.8) is 0 Å². The third-order valence-corrected chi connectivity index (χ3v) is 10.3. The number of anilines is 1. The molecule has 0 unspecified atom stereocenters. The first-order valence-electron chi connectivity index (χ1n) is 16.6. The van der Waals surface area contributed by atoms with Crippen LogP contribution in [0.5, 0.6) is 11.5 Å². The van der Waals surface area contributed by atoms with E-state index in [2.05, 4.69) is 21.2 Å². The van der Waals surface area contributed by atoms with Gasteiger partial charge in [-0.05, 0) is 99.5 Å². The normalized spacial score (nSPS) is 12.1. The first kappa shape index (κ1) is 37.3. The number of para-hydroxylation sites is 1. The average Bonchev–Trinajstić information content (AvgIpc) is 3.10. The van der Waals surface area contributed by atoms with Crippen LogP contribution in [0, 0.1) is 6.92 Å². The zero-order valence-electron chi connectivity index (χ0n) is 29.1. The lowest BCUT2D eigenvalue weighted by Crippen LogP contribution is -2.56. The smallest absolute Gasteiger partial charge is 0.264 e. The van der Waals surface area contributed by atoms with Crippen molar-refractivity contribution in [3.05, 3.63) is 155 Å². The van der Waals surface area contributed by atoms with Gasteiger partial charge in [0.2, 0.25) is 11.8 Å². The van der Waals surface area contributed by atoms with Gasteiger partial charge in [-0.25, -0.2) is 8.42 Å². The van der Waals surface area contributed by atoms with Crippen LogP contribution in [0.15, 0.2) is 143 Å². The molecule has 264 valence electrons. The summed E-state index contributed by atoms with van der Waals surface area (Å²) in [6, 6.07) is 38.3. The molecule has 0 aliphatic rings. The minimum Gasteiger partial charge on any atom is -0.457 e. The first-order valence-corrected chi connectivity index (χ1v) is 18.8. The third kappa shape index (κ3) is 10.3. The fourth-order valence-corrected chi connectivity index (χ4v) is 7.14. The molecule has 2 amide bonds. The second-order valence-corrected chi connectivity index (χ2v) is 16.1. The molecule has 0 aromatic heterocycles. The molecule has 5 aromatic rings. The van der Waals surface area contributed by atoms with Crippen LogP contribution in [0.3, 0.4) is 0 Å². The molecule has 1 atom stereocenters. The second kappa shape index (κ2) is 16.4. The Morgan fingerprint density at radius 3 is 1.90 bits per heavy atom. The Morgan fingerprint density at radius 1 is 0.745 bits per heavy atom. The summed E-state index contributed by atoms with van der Waals surface area (Å²) < 4.78 is 36.7. The van der Waals surface area contributed by atoms with Crippen molar-refractivity contribution >= 4 is 43.5 Å². The largest absolute Gasteiger partial charge is 0.457 e. The highest BCUT2D eigenvalue weighted by molar-refractivity contribution is 9.10. The van der Waals surface area contributed by atoms with Crippen molar-refractivity contribution < 1.29 is 22.7 Å². The van der Waals surface area contributed by atoms with Crippen LogP contribution in [0.2, 0.25) is 0 Å². The molecule has 8 nitrogen and oxygen atoms in total. The predicted octanol–water partition coefficient (Wildman–Crippen LogP) is 8.30. The van der Waals surface area contributed by atoms with E-state index in [1.54, 1.807) is 36.4 Å². The van der Waals surface area contributed by atoms with Gasteiger partial charge >= 0.3 is 0 Å². The molecule has 0 spiro atoms. The molecule has 0 fully saturated rings. The van der Waals surface area contributed by atoms with Gasteiger partial charge in [-0.15, -0.1) is 0 Å². The summed E-state index contributed by atoms with van der Waals surface area (Å²) in [5.41, 5.74) is 2.23. The Hall–Kier alpha value is -4.93. The Morgan fingerprint density at radius 2 is 1.31 bits per heavy atom. The average molecular weight is 769 g/mol. The summed E-state index contributed by atoms with van der Waals surface area (Å²) in [5, 5.41) is 3.06. The van der Waals surface area contributed by atoms with Gasteiger partial charge in [-0.2, -0.15) is 0 Å². The number of sulfonamides is 1. The molecular formula is C41H42BrN3O5S. The summed E-state index contributed by atoms with van der Waals surface area (Å²) in [6.07, 6.45) is 0.223. The van der Waals surface area contributed by atoms with E-state index in [9.17, 15) is 18.0 Å². The number of carbonyl (C=O) groups is 2. The van der Waals surface area contributed by atoms with Crippen molar-refractivity contribution in [1.82, 2.24) is 10.2 Å². The van der Waals surface area contributed by atoms with Crippen LogP contribution in [-0.4, -0.2) is 43.3 Å². The maximum atomic E-state index is 14.7. The SMILES string of the molecule is Cc1ccc(S(=O)(=O)N(CC(=O)N(Cc2ccc(Br)cc2)[C@@H](Cc2ccccc2)C(=O)NC(C)(C)C)c2ccc(Oc3ccccc3)cc2)cc1. The molecule has 0 heterocycles. The lowest BCUT2D eigenvalue weighted by molar-refractivity contribution is -0.140. The molecule has 0 saturated carbocycles. The zero-order chi connectivity index (χ0) is 36.6. The minimum atomic E-state index is -4.25. The van der Waals surface area contributed by atoms with Gasteiger partial charge in [-0.1, -0.05) is 94.3 Å². The van der Waals surface area contributed by atoms with Crippen LogP contribution in [-0.2, 0) is 32.6 Å². The maximum absolute atomic E-state index is 14.7. The lowest BCUT2D eigenvalue weighted by Gasteiger charge is -2.35. The Labute approximate surface area is 309 Å². The Balaban J connectivity index is 1.57. The van der Waals surface area contributed by atoms with Crippen LogP contribution in [0.25, 0.3) is 0 Å². The molecule has 1 N–H and O–H groups in total. The number of amides is 2. The van der Waals surface area contributed by atoms with Gasteiger partial charge in [0.1, 0.15) is 24.1 Å². The van der Waals surface area contributed by atoms with Gasteiger partial charge < -0.3 is 15.0 Å². The summed E-state index contributed by atoms with van der Waals surface area (Å²) in [5.74, 6) is 0.254. The van der Waals surface area contributed by atoms with Crippen molar-refractivity contribution in [2.45, 2.75) is 57.1 Å². The quantitative estimate of drug-likeness (QED) is 0.130. The number of nitrogens with zero attached hydrogens (tertiary/aromatic N) is 2. The van der Waals surface area contributed by atoms with E-state index < -0.39 is 34.1 Å². The second-order valence-electron chi connectivity index (χ2n) is 13.3. The minimum absolute atomic E-state index is 0.0382. The molecule has 5 aromatic carbocycles. The van der Waals surface area contributed by atoms with Crippen LogP contribution in [0.1, 0.15) is 37.5 Å². The van der Waals surface area contributed by atoms with Crippen LogP contribution < -0.4 is 14.4 Å². The standard InChI is InChI=1S/C41H42BrN3O5S/c1-30-15-25-37(26-16-30)51(48,49)45(34-21-23-36(24-22-34)50-35-13-9-6-10-14-35)29-39(46)44(28-32-17-19-33(42)20-18-32)38(40(47)43-41(2,3)4)27-31-11-7-5-8-12-31/h5-26,38H,27-29H2,1-4H3,(H,43,47)/t38-/m0/s1. The van der Waals surface area contributed by atoms with Gasteiger partial charge in [0, 0.05) is 23.0 Å². The van der Waals surface area contributed by atoms with Gasteiger partial charge in [0.15, 0.2) is 0 Å². The first-order chi connectivity index (χ1) is 24.3. The van der Waals surface area contributed by atoms with E-state index in [4.69, 9.17) is 4.74 Å². The predicted molar refractivity (Wildman–Crippen MR) is 205 cm³/mol. The summed E-state index contributed by atoms with van der Waals surface area (Å²) in [4.78, 5) is 30.4. The zero-order valence-corrected chi connectivity index (χ0v) is 31.5. The number of carbonyl (C=O) groups excluding carboxylic acids is 2. The topological polar surface area (TPSA) is 96.0 Å².